The summed E-state index contributed by atoms with van der Waals surface area (Å²) in [5.74, 6) is 1.09. The SMILES string of the molecule is Cc1nc(NC(=O)COc2ccc(Cl)cc2)sc1-c1nc(-c2ccccc2)no1. The molecule has 0 fully saturated rings. The Balaban J connectivity index is 1.42. The number of nitrogens with zero attached hydrogens (tertiary/aromatic N) is 3. The van der Waals surface area contributed by atoms with E-state index in [4.69, 9.17) is 20.9 Å². The van der Waals surface area contributed by atoms with Crippen molar-refractivity contribution in [2.45, 2.75) is 6.92 Å². The molecule has 0 radical (unpaired) electrons. The molecule has 2 aromatic heterocycles. The van der Waals surface area contributed by atoms with Gasteiger partial charge in [0.1, 0.15) is 10.6 Å². The van der Waals surface area contributed by atoms with Crippen molar-refractivity contribution in [1.82, 2.24) is 15.1 Å². The highest BCUT2D eigenvalue weighted by molar-refractivity contribution is 7.19. The summed E-state index contributed by atoms with van der Waals surface area (Å²) in [6.07, 6.45) is 0. The molecule has 2 heterocycles. The first kappa shape index (κ1) is 19.1. The van der Waals surface area contributed by atoms with Gasteiger partial charge in [0.05, 0.1) is 5.69 Å². The number of hydrogen-bond acceptors (Lipinski definition) is 7. The summed E-state index contributed by atoms with van der Waals surface area (Å²) in [4.78, 5) is 21.6. The summed E-state index contributed by atoms with van der Waals surface area (Å²) in [6.45, 7) is 1.67. The molecule has 0 spiro atoms. The highest BCUT2D eigenvalue weighted by Crippen LogP contribution is 2.32. The molecule has 146 valence electrons. The minimum atomic E-state index is -0.323. The van der Waals surface area contributed by atoms with E-state index in [2.05, 4.69) is 20.4 Å². The summed E-state index contributed by atoms with van der Waals surface area (Å²) < 4.78 is 10.8. The number of halogens is 1. The predicted octanol–water partition coefficient (Wildman–Crippen LogP) is 4.84. The average molecular weight is 427 g/mol. The summed E-state index contributed by atoms with van der Waals surface area (Å²) in [7, 11) is 0. The largest absolute Gasteiger partial charge is 0.484 e. The van der Waals surface area contributed by atoms with Crippen LogP contribution in [0.15, 0.2) is 59.1 Å². The van der Waals surface area contributed by atoms with Crippen LogP contribution in [0.5, 0.6) is 5.75 Å². The van der Waals surface area contributed by atoms with Gasteiger partial charge in [-0.05, 0) is 31.2 Å². The number of amides is 1. The Morgan fingerprint density at radius 2 is 1.90 bits per heavy atom. The van der Waals surface area contributed by atoms with Gasteiger partial charge in [0.2, 0.25) is 5.82 Å². The van der Waals surface area contributed by atoms with Gasteiger partial charge in [0, 0.05) is 10.6 Å². The Labute approximate surface area is 175 Å². The third-order valence-corrected chi connectivity index (χ3v) is 5.19. The zero-order valence-corrected chi connectivity index (χ0v) is 16.8. The maximum absolute atomic E-state index is 12.2. The molecular formula is C20H15ClN4O3S. The number of hydrogen-bond donors (Lipinski definition) is 1. The van der Waals surface area contributed by atoms with Gasteiger partial charge in [-0.25, -0.2) is 4.98 Å². The van der Waals surface area contributed by atoms with Crippen LogP contribution in [0.4, 0.5) is 5.13 Å². The summed E-state index contributed by atoms with van der Waals surface area (Å²) in [5, 5.41) is 7.77. The molecular weight excluding hydrogens is 412 g/mol. The third-order valence-electron chi connectivity index (χ3n) is 3.88. The lowest BCUT2D eigenvalue weighted by atomic mass is 10.2. The van der Waals surface area contributed by atoms with Crippen LogP contribution in [-0.2, 0) is 4.79 Å². The Morgan fingerprint density at radius 1 is 1.14 bits per heavy atom. The van der Waals surface area contributed by atoms with Crippen LogP contribution in [-0.4, -0.2) is 27.6 Å². The van der Waals surface area contributed by atoms with E-state index < -0.39 is 0 Å². The van der Waals surface area contributed by atoms with Crippen LogP contribution < -0.4 is 10.1 Å². The topological polar surface area (TPSA) is 90.1 Å². The van der Waals surface area contributed by atoms with Crippen LogP contribution in [0.1, 0.15) is 5.69 Å². The van der Waals surface area contributed by atoms with E-state index in [9.17, 15) is 4.79 Å². The maximum Gasteiger partial charge on any atom is 0.270 e. The highest BCUT2D eigenvalue weighted by atomic mass is 35.5. The molecule has 2 aromatic carbocycles. The number of carbonyl (C=O) groups excluding carboxylic acids is 1. The normalized spacial score (nSPS) is 10.7. The molecule has 0 unspecified atom stereocenters. The first-order valence-electron chi connectivity index (χ1n) is 8.63. The average Bonchev–Trinajstić information content (AvgIpc) is 3.35. The van der Waals surface area contributed by atoms with E-state index >= 15 is 0 Å². The van der Waals surface area contributed by atoms with E-state index in [1.54, 1.807) is 24.3 Å². The second kappa shape index (κ2) is 8.42. The van der Waals surface area contributed by atoms with Gasteiger partial charge < -0.3 is 9.26 Å². The van der Waals surface area contributed by atoms with Gasteiger partial charge in [-0.15, -0.1) is 0 Å². The summed E-state index contributed by atoms with van der Waals surface area (Å²) in [6, 6.07) is 16.3. The van der Waals surface area contributed by atoms with Crippen LogP contribution in [0.2, 0.25) is 5.02 Å². The van der Waals surface area contributed by atoms with E-state index in [-0.39, 0.29) is 12.5 Å². The smallest absolute Gasteiger partial charge is 0.270 e. The molecule has 4 aromatic rings. The first-order valence-corrected chi connectivity index (χ1v) is 9.83. The van der Waals surface area contributed by atoms with E-state index in [0.29, 0.717) is 38.2 Å². The number of benzene rings is 2. The molecule has 0 aliphatic carbocycles. The van der Waals surface area contributed by atoms with E-state index in [1.807, 2.05) is 37.3 Å². The number of aryl methyl sites for hydroxylation is 1. The summed E-state index contributed by atoms with van der Waals surface area (Å²) in [5.41, 5.74) is 1.55. The van der Waals surface area contributed by atoms with Gasteiger partial charge in [-0.3, -0.25) is 10.1 Å². The zero-order chi connectivity index (χ0) is 20.2. The molecule has 1 N–H and O–H groups in total. The van der Waals surface area contributed by atoms with Crippen molar-refractivity contribution in [3.63, 3.8) is 0 Å². The lowest BCUT2D eigenvalue weighted by molar-refractivity contribution is -0.118. The molecule has 0 bridgehead atoms. The second-order valence-electron chi connectivity index (χ2n) is 6.01. The van der Waals surface area contributed by atoms with Crippen LogP contribution >= 0.6 is 22.9 Å². The molecule has 0 aliphatic rings. The van der Waals surface area contributed by atoms with Crippen molar-refractivity contribution in [3.8, 4) is 27.9 Å². The van der Waals surface area contributed by atoms with Gasteiger partial charge >= 0.3 is 0 Å². The Bertz CT molecular complexity index is 1130. The Kier molecular flexibility index (Phi) is 5.55. The van der Waals surface area contributed by atoms with Crippen molar-refractivity contribution in [2.75, 3.05) is 11.9 Å². The standard InChI is InChI=1S/C20H15ClN4O3S/c1-12-17(19-24-18(25-28-19)13-5-3-2-4-6-13)29-20(22-12)23-16(26)11-27-15-9-7-14(21)8-10-15/h2-10H,11H2,1H3,(H,22,23,26). The molecule has 0 saturated heterocycles. The predicted molar refractivity (Wildman–Crippen MR) is 111 cm³/mol. The van der Waals surface area contributed by atoms with Gasteiger partial charge in [-0.2, -0.15) is 4.98 Å². The number of rotatable bonds is 6. The fourth-order valence-corrected chi connectivity index (χ4v) is 3.53. The number of anilines is 1. The highest BCUT2D eigenvalue weighted by Gasteiger charge is 2.18. The molecule has 1 amide bonds. The van der Waals surface area contributed by atoms with Crippen molar-refractivity contribution in [1.29, 1.82) is 0 Å². The molecule has 9 heteroatoms. The molecule has 7 nitrogen and oxygen atoms in total. The lowest BCUT2D eigenvalue weighted by Gasteiger charge is -2.05. The fraction of sp³-hybridized carbons (Fsp3) is 0.100. The molecule has 0 saturated carbocycles. The number of ether oxygens (including phenoxy) is 1. The monoisotopic (exact) mass is 426 g/mol. The van der Waals surface area contributed by atoms with Crippen LogP contribution in [0.25, 0.3) is 22.2 Å². The van der Waals surface area contributed by atoms with Crippen molar-refractivity contribution >= 4 is 34.0 Å². The second-order valence-corrected chi connectivity index (χ2v) is 7.45. The minimum Gasteiger partial charge on any atom is -0.484 e. The van der Waals surface area contributed by atoms with Gasteiger partial charge in [0.15, 0.2) is 11.7 Å². The molecule has 4 rings (SSSR count). The van der Waals surface area contributed by atoms with Crippen molar-refractivity contribution < 1.29 is 14.1 Å². The lowest BCUT2D eigenvalue weighted by Crippen LogP contribution is -2.20. The molecule has 29 heavy (non-hydrogen) atoms. The van der Waals surface area contributed by atoms with Crippen LogP contribution in [0.3, 0.4) is 0 Å². The third kappa shape index (κ3) is 4.61. The Morgan fingerprint density at radius 3 is 2.66 bits per heavy atom. The molecule has 0 atom stereocenters. The number of carbonyl (C=O) groups is 1. The quantitative estimate of drug-likeness (QED) is 0.474. The minimum absolute atomic E-state index is 0.145. The van der Waals surface area contributed by atoms with E-state index in [0.717, 1.165) is 5.56 Å². The number of thiazole rings is 1. The molecule has 0 aliphatic heterocycles. The summed E-state index contributed by atoms with van der Waals surface area (Å²) >= 11 is 7.09. The Hall–Kier alpha value is -3.23. The van der Waals surface area contributed by atoms with Crippen LogP contribution in [0, 0.1) is 6.92 Å². The number of nitrogens with one attached hydrogen (secondary N) is 1. The maximum atomic E-state index is 12.2. The van der Waals surface area contributed by atoms with Crippen molar-refractivity contribution in [2.24, 2.45) is 0 Å². The fourth-order valence-electron chi connectivity index (χ4n) is 2.50. The first-order chi connectivity index (χ1) is 14.1. The zero-order valence-electron chi connectivity index (χ0n) is 15.3. The van der Waals surface area contributed by atoms with Gasteiger partial charge in [-0.1, -0.05) is 58.4 Å². The van der Waals surface area contributed by atoms with Crippen molar-refractivity contribution in [3.05, 3.63) is 65.3 Å². The van der Waals surface area contributed by atoms with Gasteiger partial charge in [0.25, 0.3) is 11.8 Å². The number of aromatic nitrogens is 3. The van der Waals surface area contributed by atoms with E-state index in [1.165, 1.54) is 11.3 Å².